The molecule has 0 saturated heterocycles. The Kier molecular flexibility index (Phi) is 47.4. The second kappa shape index (κ2) is 53.6. The number of nitrogens with one attached hydrogen (secondary N) is 3. The van der Waals surface area contributed by atoms with E-state index in [2.05, 4.69) is 35.5 Å². The minimum atomic E-state index is -0.948. The molecule has 8 rings (SSSR count). The summed E-state index contributed by atoms with van der Waals surface area (Å²) >= 11 is 40.8. The van der Waals surface area contributed by atoms with E-state index in [1.807, 2.05) is 24.3 Å². The molecule has 0 unspecified atom stereocenters. The molecule has 30 nitrogen and oxygen atoms in total. The van der Waals surface area contributed by atoms with E-state index in [0.717, 1.165) is 53.5 Å². The Labute approximate surface area is 760 Å². The number of nitrogens with two attached hydrogens (primary N) is 2. The van der Waals surface area contributed by atoms with Crippen molar-refractivity contribution in [2.24, 2.45) is 16.3 Å². The number of methoxy groups -OCH3 is 4. The first-order valence-electron chi connectivity index (χ1n) is 37.7. The average molecular weight is 1880 g/mol. The number of hydrogen-bond donors (Lipinski definition) is 6. The third-order valence-electron chi connectivity index (χ3n) is 17.1. The van der Waals surface area contributed by atoms with Crippen LogP contribution in [0.15, 0.2) is 157 Å². The summed E-state index contributed by atoms with van der Waals surface area (Å²) in [4.78, 5) is 142. The summed E-state index contributed by atoms with van der Waals surface area (Å²) in [5.74, 6) is -3.28. The van der Waals surface area contributed by atoms with Crippen LogP contribution in [-0.2, 0) is 95.7 Å². The van der Waals surface area contributed by atoms with Gasteiger partial charge in [0.2, 0.25) is 0 Å². The fraction of sp³-hybridized carbons (Fsp3) is 0.384. The van der Waals surface area contributed by atoms with Crippen molar-refractivity contribution in [1.82, 2.24) is 16.0 Å². The number of carboxylic acid groups (broad SMARTS) is 1. The van der Waals surface area contributed by atoms with Gasteiger partial charge in [-0.15, -0.1) is 12.4 Å². The second-order valence-corrected chi connectivity index (χ2v) is 33.0. The third kappa shape index (κ3) is 40.4. The standard InChI is InChI=1S/C23H25Cl2NO5.C18H17Cl2NO3.C15H20N2O6.C15H22N2O4.C8H13N3O2.C7H3Cl3O.ClH/c1-23(2,3)31-22(29)26-18(21(28)30-4)12-14-8-10-15(11-9-14)13-19(27)20-16(24)6-5-7-17(20)25;1-24-18(23)15(21)9-11-5-7-12(8-6-11)10-16(22)17-13(19)3-2-4-14(17)20;1-15(2,3)23-14(19)16-12(13(18)22-4)9-10-5-7-11(8-6-10)17(20)21;1-15(2,3)21-14(19)17-12(13(18)20-4)9-10-5-7-11(16)8-6-10;9-11-10-6-5-8(7(12)13)3-1-2-4-8;8-4-2-1-3-5(9)6(4)7(10)11;/h5-11,18H,12-13H2,1-4H3,(H,26,29);2-8,15H,9-10,21H2,1H3;5-8,12H,9H2,1-4H3,(H,16,19);5-8,12H,9,16H2,1-4H3,(H,17,19);1-6H2,(H,12,13);1-3H;1H/t18-;15-;2*12-;;;/m0000.../s1. The lowest BCUT2D eigenvalue weighted by Crippen LogP contribution is -2.45. The van der Waals surface area contributed by atoms with Crippen LogP contribution in [0.4, 0.5) is 25.8 Å². The van der Waals surface area contributed by atoms with Crippen LogP contribution in [0, 0.1) is 15.5 Å². The van der Waals surface area contributed by atoms with Crippen LogP contribution in [0.3, 0.4) is 0 Å². The normalized spacial score (nSPS) is 12.6. The van der Waals surface area contributed by atoms with E-state index in [4.69, 9.17) is 127 Å². The molecule has 0 aromatic heterocycles. The van der Waals surface area contributed by atoms with Crippen molar-refractivity contribution in [2.45, 2.75) is 174 Å². The molecule has 1 aliphatic carbocycles. The second-order valence-electron chi connectivity index (χ2n) is 30.2. The van der Waals surface area contributed by atoms with Crippen molar-refractivity contribution >= 4 is 170 Å². The molecule has 38 heteroatoms. The monoisotopic (exact) mass is 1880 g/mol. The molecule has 3 amide bonds. The van der Waals surface area contributed by atoms with Gasteiger partial charge in [-0.1, -0.05) is 179 Å². The zero-order valence-electron chi connectivity index (χ0n) is 70.3. The van der Waals surface area contributed by atoms with Gasteiger partial charge < -0.3 is 65.7 Å². The van der Waals surface area contributed by atoms with Gasteiger partial charge in [0.05, 0.1) is 85.6 Å². The first-order chi connectivity index (χ1) is 57.6. The number of hydrogen-bond acceptors (Lipinski definition) is 23. The molecule has 7 aromatic rings. The van der Waals surface area contributed by atoms with Crippen molar-refractivity contribution in [3.63, 3.8) is 0 Å². The number of carbonyl (C=O) groups excluding carboxylic acids is 10. The molecular formula is C86H101Cl8N9O21. The predicted octanol–water partition coefficient (Wildman–Crippen LogP) is 18.7. The maximum Gasteiger partial charge on any atom is 0.408 e. The molecule has 672 valence electrons. The number of non-ortho nitro benzene ring substituents is 1. The first-order valence-corrected chi connectivity index (χ1v) is 40.3. The number of Topliss-reactive ketones (excluding diaryl/α,β-unsaturated/α-hetero) is 2. The lowest BCUT2D eigenvalue weighted by molar-refractivity contribution is -0.384. The van der Waals surface area contributed by atoms with E-state index in [0.29, 0.717) is 68.3 Å². The van der Waals surface area contributed by atoms with Gasteiger partial charge in [0.25, 0.3) is 10.9 Å². The van der Waals surface area contributed by atoms with Gasteiger partial charge in [0.15, 0.2) is 11.6 Å². The SMILES string of the molecule is COC(=O)[C@@H](N)Cc1ccc(CC(=O)c2c(Cl)cccc2Cl)cc1.COC(=O)[C@H](Cc1ccc(CC(=O)c2c(Cl)cccc2Cl)cc1)NC(=O)OC(C)(C)C.COC(=O)[C@H](Cc1ccc(N)cc1)NC(=O)OC(C)(C)C.COC(=O)[C@H](Cc1ccc([N+](=O)[O-])cc1)NC(=O)OC(C)(C)C.Cl.O=C(Cl)c1c(Cl)cccc1Cl.[N-]=[N+]=NCCC1(C(=O)O)CCCC1. The van der Waals surface area contributed by atoms with Gasteiger partial charge >= 0.3 is 48.1 Å². The fourth-order valence-corrected chi connectivity index (χ4v) is 13.3. The number of esters is 4. The van der Waals surface area contributed by atoms with Gasteiger partial charge in [-0.3, -0.25) is 34.1 Å². The van der Waals surface area contributed by atoms with Crippen LogP contribution in [-0.4, -0.2) is 151 Å². The van der Waals surface area contributed by atoms with E-state index < -0.39 is 105 Å². The average Bonchev–Trinajstić information content (AvgIpc) is 1.49. The van der Waals surface area contributed by atoms with Crippen LogP contribution >= 0.6 is 93.6 Å². The number of benzene rings is 7. The van der Waals surface area contributed by atoms with E-state index >= 15 is 0 Å². The number of nitrogens with zero attached hydrogens (tertiary/aromatic N) is 4. The van der Waals surface area contributed by atoms with Crippen LogP contribution in [0.1, 0.15) is 159 Å². The highest BCUT2D eigenvalue weighted by atomic mass is 35.5. The van der Waals surface area contributed by atoms with Crippen molar-refractivity contribution in [3.05, 3.63) is 252 Å². The summed E-state index contributed by atoms with van der Waals surface area (Å²) in [6.07, 6.45) is 3.09. The largest absolute Gasteiger partial charge is 0.481 e. The Morgan fingerprint density at radius 3 is 1.03 bits per heavy atom. The third-order valence-corrected chi connectivity index (χ3v) is 19.2. The quantitative estimate of drug-likeness (QED) is 0.00266. The molecule has 124 heavy (non-hydrogen) atoms. The number of nitro benzene ring substituents is 1. The van der Waals surface area contributed by atoms with Crippen LogP contribution in [0.2, 0.25) is 30.1 Å². The molecule has 0 radical (unpaired) electrons. The Hall–Kier alpha value is -10.5. The summed E-state index contributed by atoms with van der Waals surface area (Å²) in [5.41, 5.74) is 22.9. The number of carboxylic acids is 1. The van der Waals surface area contributed by atoms with Crippen molar-refractivity contribution in [3.8, 4) is 0 Å². The zero-order chi connectivity index (χ0) is 92.7. The molecule has 0 bridgehead atoms. The van der Waals surface area contributed by atoms with Crippen LogP contribution < -0.4 is 27.4 Å². The number of azide groups is 1. The number of ketones is 2. The topological polar surface area (TPSA) is 453 Å². The van der Waals surface area contributed by atoms with E-state index in [-0.39, 0.29) is 71.0 Å². The number of amides is 3. The molecule has 1 saturated carbocycles. The van der Waals surface area contributed by atoms with E-state index in [1.165, 1.54) is 52.7 Å². The zero-order valence-corrected chi connectivity index (χ0v) is 76.4. The number of nitro groups is 1. The summed E-state index contributed by atoms with van der Waals surface area (Å²) in [5, 5.41) is 31.7. The highest BCUT2D eigenvalue weighted by molar-refractivity contribution is 6.70. The lowest BCUT2D eigenvalue weighted by Gasteiger charge is -2.22. The smallest absolute Gasteiger partial charge is 0.408 e. The van der Waals surface area contributed by atoms with E-state index in [1.54, 1.807) is 165 Å². The van der Waals surface area contributed by atoms with Crippen LogP contribution in [0.25, 0.3) is 10.4 Å². The maximum atomic E-state index is 12.6. The van der Waals surface area contributed by atoms with Crippen molar-refractivity contribution in [1.29, 1.82) is 0 Å². The van der Waals surface area contributed by atoms with Gasteiger partial charge in [-0.2, -0.15) is 0 Å². The number of halogens is 8. The summed E-state index contributed by atoms with van der Waals surface area (Å²) < 4.78 is 34.2. The van der Waals surface area contributed by atoms with Gasteiger partial charge in [-0.25, -0.2) is 28.8 Å². The minimum Gasteiger partial charge on any atom is -0.481 e. The number of anilines is 1. The summed E-state index contributed by atoms with van der Waals surface area (Å²) in [6.45, 7) is 15.9. The molecule has 0 aliphatic heterocycles. The molecule has 8 N–H and O–H groups in total. The Balaban J connectivity index is 0.000000517. The minimum absolute atomic E-state index is 0. The molecule has 0 heterocycles. The molecule has 7 aromatic carbocycles. The molecule has 0 spiro atoms. The van der Waals surface area contributed by atoms with Crippen molar-refractivity contribution in [2.75, 3.05) is 40.7 Å². The number of alkyl carbamates (subject to hydrolysis) is 3. The Bertz CT molecular complexity index is 4750. The maximum absolute atomic E-state index is 12.6. The van der Waals surface area contributed by atoms with Gasteiger partial charge in [0, 0.05) is 61.4 Å². The number of ether oxygens (including phenoxy) is 7. The summed E-state index contributed by atoms with van der Waals surface area (Å²) in [7, 11) is 5.04. The molecule has 4 atom stereocenters. The number of nitrogen functional groups attached to an aromatic ring is 1. The molecule has 1 fully saturated rings. The predicted molar refractivity (Wildman–Crippen MR) is 477 cm³/mol. The number of carbonyl (C=O) groups is 11. The highest BCUT2D eigenvalue weighted by Crippen LogP contribution is 2.41. The first kappa shape index (κ1) is 110. The van der Waals surface area contributed by atoms with Crippen LogP contribution in [0.5, 0.6) is 0 Å². The van der Waals surface area contributed by atoms with Gasteiger partial charge in [0.1, 0.15) is 41.0 Å². The van der Waals surface area contributed by atoms with E-state index in [9.17, 15) is 62.9 Å². The molecule has 1 aliphatic rings. The molecular weight excluding hydrogens is 1780 g/mol. The summed E-state index contributed by atoms with van der Waals surface area (Å²) in [6, 6.07) is 38.5. The fourth-order valence-electron chi connectivity index (χ4n) is 11.2. The lowest BCUT2D eigenvalue weighted by atomic mass is 9.83. The highest BCUT2D eigenvalue weighted by Gasteiger charge is 2.40. The Morgan fingerprint density at radius 2 is 0.766 bits per heavy atom. The number of aliphatic carboxylic acids is 1. The van der Waals surface area contributed by atoms with Gasteiger partial charge in [-0.05, 0) is 187 Å². The Morgan fingerprint density at radius 1 is 0.484 bits per heavy atom. The number of rotatable bonds is 27. The van der Waals surface area contributed by atoms with Crippen molar-refractivity contribution < 1.29 is 95.9 Å².